The number of hydrogen-bond acceptors (Lipinski definition) is 5. The molecule has 7 nitrogen and oxygen atoms in total. The monoisotopic (exact) mass is 282 g/mol. The Bertz CT molecular complexity index is 470. The number of amides is 1. The molecular formula is C13H22N4O3. The molecule has 1 aromatic rings. The zero-order valence-corrected chi connectivity index (χ0v) is 12.5. The number of nitrogens with one attached hydrogen (secondary N) is 1. The highest BCUT2D eigenvalue weighted by atomic mass is 16.5. The number of esters is 1. The number of rotatable bonds is 7. The molecular weight excluding hydrogens is 260 g/mol. The molecule has 0 aliphatic rings. The van der Waals surface area contributed by atoms with Crippen molar-refractivity contribution >= 4 is 11.9 Å². The molecule has 0 aliphatic carbocycles. The van der Waals surface area contributed by atoms with Crippen LogP contribution in [0.15, 0.2) is 6.20 Å². The summed E-state index contributed by atoms with van der Waals surface area (Å²) in [6.07, 6.45) is 1.48. The second-order valence-corrected chi connectivity index (χ2v) is 4.36. The second-order valence-electron chi connectivity index (χ2n) is 4.36. The fourth-order valence-corrected chi connectivity index (χ4v) is 1.65. The van der Waals surface area contributed by atoms with Gasteiger partial charge in [0, 0.05) is 27.2 Å². The molecule has 0 radical (unpaired) electrons. The normalized spacial score (nSPS) is 10.4. The lowest BCUT2D eigenvalue weighted by molar-refractivity contribution is -0.128. The van der Waals surface area contributed by atoms with E-state index in [1.54, 1.807) is 30.6 Å². The molecule has 1 amide bonds. The molecule has 0 unspecified atom stereocenters. The van der Waals surface area contributed by atoms with Crippen molar-refractivity contribution in [1.82, 2.24) is 20.0 Å². The number of nitrogens with zero attached hydrogens (tertiary/aromatic N) is 3. The summed E-state index contributed by atoms with van der Waals surface area (Å²) in [7, 11) is 3.50. The van der Waals surface area contributed by atoms with E-state index in [0.29, 0.717) is 31.0 Å². The highest BCUT2D eigenvalue weighted by molar-refractivity contribution is 5.90. The van der Waals surface area contributed by atoms with Crippen molar-refractivity contribution in [2.75, 3.05) is 26.7 Å². The maximum absolute atomic E-state index is 11.8. The molecule has 1 heterocycles. The zero-order chi connectivity index (χ0) is 15.1. The van der Waals surface area contributed by atoms with Gasteiger partial charge in [0.25, 0.3) is 0 Å². The molecule has 112 valence electrons. The molecule has 20 heavy (non-hydrogen) atoms. The Balaban J connectivity index is 2.62. The first-order valence-corrected chi connectivity index (χ1v) is 6.63. The van der Waals surface area contributed by atoms with Crippen LogP contribution in [0.1, 0.15) is 29.9 Å². The number of aryl methyl sites for hydroxylation is 1. The van der Waals surface area contributed by atoms with E-state index in [-0.39, 0.29) is 12.5 Å². The van der Waals surface area contributed by atoms with E-state index in [1.165, 1.54) is 6.20 Å². The third-order valence-electron chi connectivity index (χ3n) is 3.03. The van der Waals surface area contributed by atoms with E-state index in [0.717, 1.165) is 0 Å². The molecule has 1 rings (SSSR count). The van der Waals surface area contributed by atoms with Gasteiger partial charge in [-0.25, -0.2) is 4.79 Å². The fourth-order valence-electron chi connectivity index (χ4n) is 1.65. The van der Waals surface area contributed by atoms with Crippen LogP contribution in [0.5, 0.6) is 0 Å². The summed E-state index contributed by atoms with van der Waals surface area (Å²) < 4.78 is 6.57. The summed E-state index contributed by atoms with van der Waals surface area (Å²) in [6, 6.07) is 0. The molecule has 0 spiro atoms. The molecule has 0 fully saturated rings. The van der Waals surface area contributed by atoms with E-state index in [9.17, 15) is 9.59 Å². The van der Waals surface area contributed by atoms with Crippen LogP contribution in [0.2, 0.25) is 0 Å². The Morgan fingerprint density at radius 2 is 2.15 bits per heavy atom. The van der Waals surface area contributed by atoms with Gasteiger partial charge in [-0.15, -0.1) is 0 Å². The molecule has 1 aromatic heterocycles. The van der Waals surface area contributed by atoms with Crippen LogP contribution in [-0.2, 0) is 23.1 Å². The lowest BCUT2D eigenvalue weighted by Crippen LogP contribution is -2.35. The third-order valence-corrected chi connectivity index (χ3v) is 3.03. The largest absolute Gasteiger partial charge is 0.462 e. The Labute approximate surface area is 118 Å². The van der Waals surface area contributed by atoms with Crippen molar-refractivity contribution in [3.63, 3.8) is 0 Å². The third kappa shape index (κ3) is 4.06. The first-order valence-electron chi connectivity index (χ1n) is 6.63. The number of hydrogen-bond donors (Lipinski definition) is 1. The van der Waals surface area contributed by atoms with Gasteiger partial charge < -0.3 is 15.0 Å². The first-order chi connectivity index (χ1) is 9.51. The van der Waals surface area contributed by atoms with Crippen LogP contribution in [0.4, 0.5) is 0 Å². The first kappa shape index (κ1) is 16.2. The Kier molecular flexibility index (Phi) is 6.17. The standard InChI is InChI=1S/C13H22N4O3/c1-5-16(3)12(18)9-14-8-11-10(7-15-17(11)4)13(19)20-6-2/h7,14H,5-6,8-9H2,1-4H3. The van der Waals surface area contributed by atoms with Gasteiger partial charge in [-0.2, -0.15) is 5.10 Å². The maximum Gasteiger partial charge on any atom is 0.341 e. The van der Waals surface area contributed by atoms with Crippen molar-refractivity contribution in [3.05, 3.63) is 17.5 Å². The summed E-state index contributed by atoms with van der Waals surface area (Å²) >= 11 is 0. The number of aromatic nitrogens is 2. The van der Waals surface area contributed by atoms with Gasteiger partial charge in [0.1, 0.15) is 5.56 Å². The van der Waals surface area contributed by atoms with Gasteiger partial charge in [0.2, 0.25) is 5.91 Å². The molecule has 0 atom stereocenters. The highest BCUT2D eigenvalue weighted by Crippen LogP contribution is 2.09. The van der Waals surface area contributed by atoms with Crippen molar-refractivity contribution < 1.29 is 14.3 Å². The smallest absolute Gasteiger partial charge is 0.341 e. The summed E-state index contributed by atoms with van der Waals surface area (Å²) in [5, 5.41) is 7.07. The minimum atomic E-state index is -0.394. The molecule has 1 N–H and O–H groups in total. The lowest BCUT2D eigenvalue weighted by Gasteiger charge is -2.15. The zero-order valence-electron chi connectivity index (χ0n) is 12.5. The van der Waals surface area contributed by atoms with Crippen molar-refractivity contribution in [1.29, 1.82) is 0 Å². The number of carbonyl (C=O) groups is 2. The van der Waals surface area contributed by atoms with Gasteiger partial charge >= 0.3 is 5.97 Å². The van der Waals surface area contributed by atoms with Gasteiger partial charge in [-0.3, -0.25) is 9.48 Å². The van der Waals surface area contributed by atoms with Crippen LogP contribution >= 0.6 is 0 Å². The summed E-state index contributed by atoms with van der Waals surface area (Å²) in [5.41, 5.74) is 1.13. The van der Waals surface area contributed by atoms with Gasteiger partial charge in [0.05, 0.1) is 25.0 Å². The van der Waals surface area contributed by atoms with E-state index in [4.69, 9.17) is 4.74 Å². The summed E-state index contributed by atoms with van der Waals surface area (Å²) in [5.74, 6) is -0.387. The fraction of sp³-hybridized carbons (Fsp3) is 0.615. The van der Waals surface area contributed by atoms with Gasteiger partial charge in [-0.05, 0) is 13.8 Å². The van der Waals surface area contributed by atoms with Gasteiger partial charge in [-0.1, -0.05) is 0 Å². The van der Waals surface area contributed by atoms with Crippen LogP contribution < -0.4 is 5.32 Å². The van der Waals surface area contributed by atoms with Crippen molar-refractivity contribution in [2.45, 2.75) is 20.4 Å². The summed E-state index contributed by atoms with van der Waals surface area (Å²) in [4.78, 5) is 25.0. The van der Waals surface area contributed by atoms with Crippen LogP contribution in [0, 0.1) is 0 Å². The lowest BCUT2D eigenvalue weighted by atomic mass is 10.2. The van der Waals surface area contributed by atoms with Crippen LogP contribution in [0.25, 0.3) is 0 Å². The predicted octanol–water partition coefficient (Wildman–Crippen LogP) is 0.165. The minimum absolute atomic E-state index is 0.00681. The molecule has 0 bridgehead atoms. The van der Waals surface area contributed by atoms with Crippen molar-refractivity contribution in [2.24, 2.45) is 7.05 Å². The van der Waals surface area contributed by atoms with Crippen molar-refractivity contribution in [3.8, 4) is 0 Å². The van der Waals surface area contributed by atoms with Crippen LogP contribution in [0.3, 0.4) is 0 Å². The highest BCUT2D eigenvalue weighted by Gasteiger charge is 2.17. The number of likely N-dealkylation sites (N-methyl/N-ethyl adjacent to an activating group) is 1. The van der Waals surface area contributed by atoms with E-state index < -0.39 is 5.97 Å². The summed E-state index contributed by atoms with van der Waals surface area (Å²) in [6.45, 7) is 5.26. The minimum Gasteiger partial charge on any atom is -0.462 e. The second kappa shape index (κ2) is 7.64. The SMILES string of the molecule is CCOC(=O)c1cnn(C)c1CNCC(=O)N(C)CC. The number of carbonyl (C=O) groups excluding carboxylic acids is 2. The van der Waals surface area contributed by atoms with E-state index in [2.05, 4.69) is 10.4 Å². The van der Waals surface area contributed by atoms with Gasteiger partial charge in [0.15, 0.2) is 0 Å². The number of ether oxygens (including phenoxy) is 1. The topological polar surface area (TPSA) is 76.5 Å². The Hall–Kier alpha value is -1.89. The molecule has 0 saturated heterocycles. The molecule has 0 aliphatic heterocycles. The average molecular weight is 282 g/mol. The Morgan fingerprint density at radius 3 is 2.75 bits per heavy atom. The maximum atomic E-state index is 11.8. The van der Waals surface area contributed by atoms with E-state index in [1.807, 2.05) is 6.92 Å². The van der Waals surface area contributed by atoms with Crippen LogP contribution in [-0.4, -0.2) is 53.3 Å². The predicted molar refractivity (Wildman–Crippen MR) is 74.2 cm³/mol. The molecule has 0 aromatic carbocycles. The Morgan fingerprint density at radius 1 is 1.45 bits per heavy atom. The molecule has 7 heteroatoms. The average Bonchev–Trinajstić information content (AvgIpc) is 2.79. The quantitative estimate of drug-likeness (QED) is 0.721. The molecule has 0 saturated carbocycles. The van der Waals surface area contributed by atoms with E-state index >= 15 is 0 Å².